The fraction of sp³-hybridized carbons (Fsp3) is 0.438. The van der Waals surface area contributed by atoms with Crippen molar-refractivity contribution >= 4 is 5.82 Å². The lowest BCUT2D eigenvalue weighted by atomic mass is 9.82. The van der Waals surface area contributed by atoms with E-state index < -0.39 is 0 Å². The number of benzene rings is 1. The fourth-order valence-corrected chi connectivity index (χ4v) is 3.01. The highest BCUT2D eigenvalue weighted by Gasteiger charge is 2.28. The largest absolute Gasteiger partial charge is 0.370 e. The van der Waals surface area contributed by atoms with E-state index in [1.807, 2.05) is 0 Å². The number of aromatic nitrogens is 2. The van der Waals surface area contributed by atoms with Crippen molar-refractivity contribution in [3.05, 3.63) is 47.2 Å². The number of anilines is 1. The van der Waals surface area contributed by atoms with Crippen molar-refractivity contribution in [1.82, 2.24) is 10.2 Å². The first kappa shape index (κ1) is 12.3. The second-order valence-corrected chi connectivity index (χ2v) is 5.69. The molecule has 100 valence electrons. The number of hydrogen-bond donors (Lipinski definition) is 2. The van der Waals surface area contributed by atoms with Gasteiger partial charge in [0.1, 0.15) is 5.82 Å². The highest BCUT2D eigenvalue weighted by Crippen LogP contribution is 2.38. The average molecular weight is 255 g/mol. The Hall–Kier alpha value is -1.77. The molecule has 1 aromatic heterocycles. The summed E-state index contributed by atoms with van der Waals surface area (Å²) in [4.78, 5) is 0. The molecule has 1 unspecified atom stereocenters. The molecular formula is C16H21N3. The quantitative estimate of drug-likeness (QED) is 0.880. The minimum Gasteiger partial charge on any atom is -0.370 e. The first-order chi connectivity index (χ1) is 9.25. The van der Waals surface area contributed by atoms with Gasteiger partial charge in [0.05, 0.1) is 5.69 Å². The number of nitrogens with zero attached hydrogens (tertiary/aromatic N) is 1. The van der Waals surface area contributed by atoms with E-state index in [0.717, 1.165) is 18.8 Å². The molecule has 0 aliphatic carbocycles. The maximum atomic E-state index is 4.54. The first-order valence-corrected chi connectivity index (χ1v) is 7.10. The summed E-state index contributed by atoms with van der Waals surface area (Å²) in [5.74, 6) is 2.41. The molecule has 0 saturated heterocycles. The summed E-state index contributed by atoms with van der Waals surface area (Å²) in [5.41, 5.74) is 3.93. The Balaban J connectivity index is 1.93. The molecule has 1 aliphatic rings. The standard InChI is InChI=1S/C16H21N3/c1-11(2)13-8-9-17-16-15(13)14(18-19-16)10-12-6-4-3-5-7-12/h3-7,11,13H,8-10H2,1-2H3,(H2,17,18,19). The summed E-state index contributed by atoms with van der Waals surface area (Å²) >= 11 is 0. The average Bonchev–Trinajstić information content (AvgIpc) is 2.83. The van der Waals surface area contributed by atoms with Crippen LogP contribution in [-0.4, -0.2) is 16.7 Å². The van der Waals surface area contributed by atoms with Crippen molar-refractivity contribution in [2.45, 2.75) is 32.6 Å². The van der Waals surface area contributed by atoms with Gasteiger partial charge in [-0.15, -0.1) is 0 Å². The van der Waals surface area contributed by atoms with Gasteiger partial charge in [-0.25, -0.2) is 0 Å². The van der Waals surface area contributed by atoms with Crippen LogP contribution in [0.25, 0.3) is 0 Å². The van der Waals surface area contributed by atoms with Gasteiger partial charge in [0, 0.05) is 18.5 Å². The van der Waals surface area contributed by atoms with Crippen LogP contribution in [0.15, 0.2) is 30.3 Å². The molecule has 0 fully saturated rings. The zero-order valence-electron chi connectivity index (χ0n) is 11.6. The van der Waals surface area contributed by atoms with E-state index in [4.69, 9.17) is 0 Å². The van der Waals surface area contributed by atoms with Crippen molar-refractivity contribution in [2.24, 2.45) is 5.92 Å². The highest BCUT2D eigenvalue weighted by atomic mass is 15.2. The van der Waals surface area contributed by atoms with Crippen LogP contribution in [-0.2, 0) is 6.42 Å². The zero-order chi connectivity index (χ0) is 13.2. The lowest BCUT2D eigenvalue weighted by molar-refractivity contribution is 0.467. The number of rotatable bonds is 3. The summed E-state index contributed by atoms with van der Waals surface area (Å²) in [6, 6.07) is 10.6. The molecule has 2 aromatic rings. The topological polar surface area (TPSA) is 40.7 Å². The van der Waals surface area contributed by atoms with Gasteiger partial charge in [0.15, 0.2) is 0 Å². The Bertz CT molecular complexity index is 542. The number of fused-ring (bicyclic) bond motifs is 1. The van der Waals surface area contributed by atoms with Crippen LogP contribution in [0, 0.1) is 5.92 Å². The van der Waals surface area contributed by atoms with Gasteiger partial charge < -0.3 is 5.32 Å². The Kier molecular flexibility index (Phi) is 3.28. The summed E-state index contributed by atoms with van der Waals surface area (Å²) in [7, 11) is 0. The van der Waals surface area contributed by atoms with Gasteiger partial charge in [-0.3, -0.25) is 5.10 Å². The van der Waals surface area contributed by atoms with E-state index in [2.05, 4.69) is 59.7 Å². The maximum absolute atomic E-state index is 4.54. The normalized spacial score (nSPS) is 18.2. The molecule has 2 N–H and O–H groups in total. The molecule has 19 heavy (non-hydrogen) atoms. The van der Waals surface area contributed by atoms with E-state index >= 15 is 0 Å². The van der Waals surface area contributed by atoms with Crippen molar-refractivity contribution in [3.63, 3.8) is 0 Å². The Morgan fingerprint density at radius 2 is 2.05 bits per heavy atom. The van der Waals surface area contributed by atoms with E-state index in [-0.39, 0.29) is 0 Å². The third-order valence-corrected chi connectivity index (χ3v) is 4.03. The molecule has 0 amide bonds. The zero-order valence-corrected chi connectivity index (χ0v) is 11.6. The minimum atomic E-state index is 0.619. The molecule has 2 heterocycles. The van der Waals surface area contributed by atoms with Crippen LogP contribution < -0.4 is 5.32 Å². The van der Waals surface area contributed by atoms with Gasteiger partial charge in [-0.1, -0.05) is 44.2 Å². The lowest BCUT2D eigenvalue weighted by Crippen LogP contribution is -2.20. The summed E-state index contributed by atoms with van der Waals surface area (Å²) in [5, 5.41) is 11.1. The molecular weight excluding hydrogens is 234 g/mol. The second kappa shape index (κ2) is 5.08. The predicted octanol–water partition coefficient (Wildman–Crippen LogP) is 3.56. The molecule has 3 nitrogen and oxygen atoms in total. The van der Waals surface area contributed by atoms with Gasteiger partial charge in [-0.05, 0) is 23.8 Å². The molecule has 0 radical (unpaired) electrons. The predicted molar refractivity (Wildman–Crippen MR) is 78.5 cm³/mol. The SMILES string of the molecule is CC(C)C1CCNc2[nH]nc(Cc3ccccc3)c21. The summed E-state index contributed by atoms with van der Waals surface area (Å²) < 4.78 is 0. The number of nitrogens with one attached hydrogen (secondary N) is 2. The molecule has 1 aliphatic heterocycles. The maximum Gasteiger partial charge on any atom is 0.125 e. The fourth-order valence-electron chi connectivity index (χ4n) is 3.01. The van der Waals surface area contributed by atoms with Crippen molar-refractivity contribution < 1.29 is 0 Å². The number of hydrogen-bond acceptors (Lipinski definition) is 2. The highest BCUT2D eigenvalue weighted by molar-refractivity contribution is 5.52. The molecule has 3 heteroatoms. The number of aromatic amines is 1. The van der Waals surface area contributed by atoms with E-state index in [1.54, 1.807) is 0 Å². The smallest absolute Gasteiger partial charge is 0.125 e. The van der Waals surface area contributed by atoms with Crippen molar-refractivity contribution in [3.8, 4) is 0 Å². The lowest BCUT2D eigenvalue weighted by Gasteiger charge is -2.27. The third kappa shape index (κ3) is 2.37. The van der Waals surface area contributed by atoms with Gasteiger partial charge in [-0.2, -0.15) is 5.10 Å². The molecule has 1 atom stereocenters. The minimum absolute atomic E-state index is 0.619. The van der Waals surface area contributed by atoms with Crippen molar-refractivity contribution in [2.75, 3.05) is 11.9 Å². The van der Waals surface area contributed by atoms with Crippen LogP contribution >= 0.6 is 0 Å². The number of H-pyrrole nitrogens is 1. The van der Waals surface area contributed by atoms with E-state index in [0.29, 0.717) is 11.8 Å². The van der Waals surface area contributed by atoms with Gasteiger partial charge in [0.2, 0.25) is 0 Å². The van der Waals surface area contributed by atoms with E-state index in [1.165, 1.54) is 23.2 Å². The Morgan fingerprint density at radius 3 is 2.79 bits per heavy atom. The molecule has 3 rings (SSSR count). The first-order valence-electron chi connectivity index (χ1n) is 7.10. The van der Waals surface area contributed by atoms with Crippen LogP contribution in [0.4, 0.5) is 5.82 Å². The van der Waals surface area contributed by atoms with Gasteiger partial charge >= 0.3 is 0 Å². The third-order valence-electron chi connectivity index (χ3n) is 4.03. The molecule has 1 aromatic carbocycles. The Labute approximate surface area is 114 Å². The summed E-state index contributed by atoms with van der Waals surface area (Å²) in [6.07, 6.45) is 2.11. The summed E-state index contributed by atoms with van der Waals surface area (Å²) in [6.45, 7) is 5.65. The molecule has 0 bridgehead atoms. The van der Waals surface area contributed by atoms with Crippen LogP contribution in [0.3, 0.4) is 0 Å². The van der Waals surface area contributed by atoms with E-state index in [9.17, 15) is 0 Å². The van der Waals surface area contributed by atoms with Crippen LogP contribution in [0.1, 0.15) is 43.0 Å². The van der Waals surface area contributed by atoms with Crippen molar-refractivity contribution in [1.29, 1.82) is 0 Å². The van der Waals surface area contributed by atoms with Gasteiger partial charge in [0.25, 0.3) is 0 Å². The van der Waals surface area contributed by atoms with Crippen LogP contribution in [0.5, 0.6) is 0 Å². The molecule has 0 saturated carbocycles. The van der Waals surface area contributed by atoms with Crippen LogP contribution in [0.2, 0.25) is 0 Å². The monoisotopic (exact) mass is 255 g/mol. The Morgan fingerprint density at radius 1 is 1.26 bits per heavy atom. The molecule has 0 spiro atoms. The second-order valence-electron chi connectivity index (χ2n) is 5.69.